The van der Waals surface area contributed by atoms with Crippen LogP contribution in [0.1, 0.15) is 19.6 Å². The molecule has 0 aliphatic carbocycles. The summed E-state index contributed by atoms with van der Waals surface area (Å²) in [6.45, 7) is 6.94. The van der Waals surface area contributed by atoms with E-state index in [4.69, 9.17) is 4.52 Å². The van der Waals surface area contributed by atoms with Crippen LogP contribution < -0.4 is 5.32 Å². The van der Waals surface area contributed by atoms with Crippen molar-refractivity contribution in [1.29, 1.82) is 0 Å². The van der Waals surface area contributed by atoms with Crippen LogP contribution in [0.2, 0.25) is 0 Å². The molecule has 142 valence electrons. The van der Waals surface area contributed by atoms with E-state index in [9.17, 15) is 4.79 Å². The standard InChI is InChI=1S/C19H21BrN4O2S/c1-12(2)10-24-16(14-4-6-15(20)7-5-14)9-21-19(24)27-11-18(25)22-17-8-13(3)26-23-17/h4-9,12H,10-11H2,1-3H3,(H,22,23,25). The Bertz CT molecular complexity index is 918. The van der Waals surface area contributed by atoms with Crippen molar-refractivity contribution >= 4 is 39.4 Å². The molecule has 27 heavy (non-hydrogen) atoms. The molecule has 0 saturated heterocycles. The van der Waals surface area contributed by atoms with Crippen molar-refractivity contribution in [3.63, 3.8) is 0 Å². The molecule has 1 N–H and O–H groups in total. The van der Waals surface area contributed by atoms with Crippen LogP contribution in [0.15, 0.2) is 50.7 Å². The van der Waals surface area contributed by atoms with E-state index < -0.39 is 0 Å². The number of carbonyl (C=O) groups is 1. The smallest absolute Gasteiger partial charge is 0.236 e. The Morgan fingerprint density at radius 2 is 2.07 bits per heavy atom. The number of hydrogen-bond acceptors (Lipinski definition) is 5. The number of carbonyl (C=O) groups excluding carboxylic acids is 1. The van der Waals surface area contributed by atoms with E-state index in [-0.39, 0.29) is 11.7 Å². The number of aryl methyl sites for hydroxylation is 1. The first kappa shape index (κ1) is 19.7. The van der Waals surface area contributed by atoms with Gasteiger partial charge in [0.1, 0.15) is 5.76 Å². The number of benzene rings is 1. The third kappa shape index (κ3) is 5.23. The second-order valence-corrected chi connectivity index (χ2v) is 8.46. The first-order valence-corrected chi connectivity index (χ1v) is 10.4. The zero-order chi connectivity index (χ0) is 19.4. The van der Waals surface area contributed by atoms with Crippen molar-refractivity contribution in [2.75, 3.05) is 11.1 Å². The SMILES string of the molecule is Cc1cc(NC(=O)CSc2ncc(-c3ccc(Br)cc3)n2CC(C)C)no1. The lowest BCUT2D eigenvalue weighted by molar-refractivity contribution is -0.113. The lowest BCUT2D eigenvalue weighted by Crippen LogP contribution is -2.15. The van der Waals surface area contributed by atoms with Gasteiger partial charge in [0.2, 0.25) is 5.91 Å². The third-order valence-electron chi connectivity index (χ3n) is 3.73. The quantitative estimate of drug-likeness (QED) is 0.514. The molecule has 2 aromatic heterocycles. The number of aromatic nitrogens is 3. The Kier molecular flexibility index (Phi) is 6.38. The molecule has 0 spiro atoms. The van der Waals surface area contributed by atoms with Crippen LogP contribution in [0.5, 0.6) is 0 Å². The fourth-order valence-corrected chi connectivity index (χ4v) is 3.65. The van der Waals surface area contributed by atoms with Gasteiger partial charge < -0.3 is 14.4 Å². The Morgan fingerprint density at radius 3 is 2.70 bits per heavy atom. The van der Waals surface area contributed by atoms with Gasteiger partial charge in [0, 0.05) is 17.1 Å². The van der Waals surface area contributed by atoms with Gasteiger partial charge in [-0.1, -0.05) is 58.8 Å². The Morgan fingerprint density at radius 1 is 1.33 bits per heavy atom. The molecule has 0 aliphatic heterocycles. The number of anilines is 1. The Labute approximate surface area is 170 Å². The molecule has 2 heterocycles. The number of rotatable bonds is 7. The Hall–Kier alpha value is -2.06. The van der Waals surface area contributed by atoms with E-state index in [2.05, 4.69) is 61.9 Å². The first-order chi connectivity index (χ1) is 12.9. The highest BCUT2D eigenvalue weighted by Gasteiger charge is 2.15. The summed E-state index contributed by atoms with van der Waals surface area (Å²) in [5, 5.41) is 7.34. The second-order valence-electron chi connectivity index (χ2n) is 6.60. The topological polar surface area (TPSA) is 73.0 Å². The molecule has 0 unspecified atom stereocenters. The van der Waals surface area contributed by atoms with Gasteiger partial charge in [-0.25, -0.2) is 4.98 Å². The molecule has 8 heteroatoms. The van der Waals surface area contributed by atoms with Gasteiger partial charge in [-0.15, -0.1) is 0 Å². The zero-order valence-corrected chi connectivity index (χ0v) is 17.8. The van der Waals surface area contributed by atoms with Gasteiger partial charge in [-0.05, 0) is 30.5 Å². The van der Waals surface area contributed by atoms with Gasteiger partial charge in [0.05, 0.1) is 17.6 Å². The van der Waals surface area contributed by atoms with E-state index >= 15 is 0 Å². The van der Waals surface area contributed by atoms with Crippen LogP contribution in [-0.4, -0.2) is 26.4 Å². The van der Waals surface area contributed by atoms with Crippen LogP contribution in [0.3, 0.4) is 0 Å². The van der Waals surface area contributed by atoms with E-state index in [0.29, 0.717) is 17.5 Å². The van der Waals surface area contributed by atoms with Crippen LogP contribution in [0, 0.1) is 12.8 Å². The van der Waals surface area contributed by atoms with Gasteiger partial charge >= 0.3 is 0 Å². The second kappa shape index (κ2) is 8.75. The summed E-state index contributed by atoms with van der Waals surface area (Å²) in [6.07, 6.45) is 1.87. The third-order valence-corrected chi connectivity index (χ3v) is 5.25. The monoisotopic (exact) mass is 448 g/mol. The van der Waals surface area contributed by atoms with E-state index in [1.54, 1.807) is 13.0 Å². The lowest BCUT2D eigenvalue weighted by atomic mass is 10.1. The summed E-state index contributed by atoms with van der Waals surface area (Å²) in [5.41, 5.74) is 2.15. The number of thioether (sulfide) groups is 1. The van der Waals surface area contributed by atoms with Gasteiger partial charge in [-0.2, -0.15) is 0 Å². The van der Waals surface area contributed by atoms with E-state index in [1.807, 2.05) is 18.3 Å². The molecule has 0 radical (unpaired) electrons. The minimum absolute atomic E-state index is 0.141. The van der Waals surface area contributed by atoms with Crippen molar-refractivity contribution < 1.29 is 9.32 Å². The van der Waals surface area contributed by atoms with Crippen molar-refractivity contribution in [3.8, 4) is 11.3 Å². The molecule has 6 nitrogen and oxygen atoms in total. The summed E-state index contributed by atoms with van der Waals surface area (Å²) >= 11 is 4.88. The molecule has 3 aromatic rings. The molecular weight excluding hydrogens is 428 g/mol. The van der Waals surface area contributed by atoms with Crippen LogP contribution >= 0.6 is 27.7 Å². The van der Waals surface area contributed by atoms with Gasteiger partial charge in [0.15, 0.2) is 11.0 Å². The molecule has 1 amide bonds. The minimum atomic E-state index is -0.141. The zero-order valence-electron chi connectivity index (χ0n) is 15.4. The number of amides is 1. The predicted molar refractivity (Wildman–Crippen MR) is 111 cm³/mol. The molecule has 0 fully saturated rings. The minimum Gasteiger partial charge on any atom is -0.360 e. The maximum absolute atomic E-state index is 12.2. The van der Waals surface area contributed by atoms with E-state index in [0.717, 1.165) is 27.4 Å². The van der Waals surface area contributed by atoms with Crippen molar-refractivity contribution in [1.82, 2.24) is 14.7 Å². The number of nitrogens with one attached hydrogen (secondary N) is 1. The van der Waals surface area contributed by atoms with Crippen LogP contribution in [0.25, 0.3) is 11.3 Å². The number of hydrogen-bond donors (Lipinski definition) is 1. The summed E-state index contributed by atoms with van der Waals surface area (Å²) in [4.78, 5) is 16.7. The highest BCUT2D eigenvalue weighted by molar-refractivity contribution is 9.10. The first-order valence-electron chi connectivity index (χ1n) is 8.60. The molecule has 0 bridgehead atoms. The van der Waals surface area contributed by atoms with Crippen LogP contribution in [-0.2, 0) is 11.3 Å². The summed E-state index contributed by atoms with van der Waals surface area (Å²) in [5.74, 6) is 1.65. The van der Waals surface area contributed by atoms with Gasteiger partial charge in [0.25, 0.3) is 0 Å². The molecule has 0 atom stereocenters. The average molecular weight is 449 g/mol. The summed E-state index contributed by atoms with van der Waals surface area (Å²) < 4.78 is 8.17. The van der Waals surface area contributed by atoms with Crippen LogP contribution in [0.4, 0.5) is 5.82 Å². The molecule has 3 rings (SSSR count). The molecule has 0 saturated carbocycles. The predicted octanol–water partition coefficient (Wildman–Crippen LogP) is 5.00. The number of imidazole rings is 1. The van der Waals surface area contributed by atoms with Crippen molar-refractivity contribution in [3.05, 3.63) is 46.8 Å². The van der Waals surface area contributed by atoms with Gasteiger partial charge in [-0.3, -0.25) is 4.79 Å². The highest BCUT2D eigenvalue weighted by atomic mass is 79.9. The van der Waals surface area contributed by atoms with Crippen molar-refractivity contribution in [2.24, 2.45) is 5.92 Å². The summed E-state index contributed by atoms with van der Waals surface area (Å²) in [7, 11) is 0. The Balaban J connectivity index is 1.74. The van der Waals surface area contributed by atoms with E-state index in [1.165, 1.54) is 11.8 Å². The summed E-state index contributed by atoms with van der Waals surface area (Å²) in [6, 6.07) is 9.84. The molecule has 1 aromatic carbocycles. The van der Waals surface area contributed by atoms with Crippen molar-refractivity contribution in [2.45, 2.75) is 32.5 Å². The largest absolute Gasteiger partial charge is 0.360 e. The molecular formula is C19H21BrN4O2S. The lowest BCUT2D eigenvalue weighted by Gasteiger charge is -2.14. The number of halogens is 1. The normalized spacial score (nSPS) is 11.1. The fourth-order valence-electron chi connectivity index (χ4n) is 2.60. The maximum Gasteiger partial charge on any atom is 0.236 e. The molecule has 0 aliphatic rings. The number of nitrogens with zero attached hydrogens (tertiary/aromatic N) is 3. The fraction of sp³-hybridized carbons (Fsp3) is 0.316. The maximum atomic E-state index is 12.2. The highest BCUT2D eigenvalue weighted by Crippen LogP contribution is 2.28. The average Bonchev–Trinajstić information content (AvgIpc) is 3.19.